The Morgan fingerprint density at radius 1 is 1.02 bits per heavy atom. The highest BCUT2D eigenvalue weighted by molar-refractivity contribution is 5.74. The molecular formula is C33H44FN5O2. The molecule has 0 amide bonds. The van der Waals surface area contributed by atoms with Crippen molar-refractivity contribution >= 4 is 0 Å². The number of ether oxygens (including phenoxy) is 2. The van der Waals surface area contributed by atoms with Crippen LogP contribution in [0, 0.1) is 6.92 Å². The Kier molecular flexibility index (Phi) is 9.98. The molecule has 3 heterocycles. The predicted octanol–water partition coefficient (Wildman–Crippen LogP) is 4.88. The van der Waals surface area contributed by atoms with E-state index in [9.17, 15) is 4.39 Å². The van der Waals surface area contributed by atoms with E-state index < -0.39 is 5.67 Å². The van der Waals surface area contributed by atoms with Crippen LogP contribution in [0.25, 0.3) is 22.3 Å². The summed E-state index contributed by atoms with van der Waals surface area (Å²) in [6.07, 6.45) is 9.28. The molecular weight excluding hydrogens is 517 g/mol. The topological polar surface area (TPSA) is 80.3 Å². The van der Waals surface area contributed by atoms with Crippen molar-refractivity contribution < 1.29 is 13.9 Å². The third-order valence-corrected chi connectivity index (χ3v) is 8.11. The minimum absolute atomic E-state index is 0.0973. The number of alkyl halides is 1. The number of hydrogen-bond donors (Lipinski definition) is 3. The molecule has 1 unspecified atom stereocenters. The molecule has 41 heavy (non-hydrogen) atoms. The van der Waals surface area contributed by atoms with Crippen LogP contribution in [0.4, 0.5) is 4.39 Å². The van der Waals surface area contributed by atoms with Crippen LogP contribution in [-0.2, 0) is 11.2 Å². The minimum atomic E-state index is -1.39. The quantitative estimate of drug-likeness (QED) is 0.228. The van der Waals surface area contributed by atoms with Gasteiger partial charge < -0.3 is 25.4 Å². The van der Waals surface area contributed by atoms with E-state index in [1.54, 1.807) is 6.92 Å². The number of benzene rings is 1. The maximum Gasteiger partial charge on any atom is 0.213 e. The molecule has 1 aromatic carbocycles. The Balaban J connectivity index is 1.03. The Morgan fingerprint density at radius 2 is 1.85 bits per heavy atom. The average molecular weight is 562 g/mol. The maximum atomic E-state index is 14.9. The van der Waals surface area contributed by atoms with E-state index in [4.69, 9.17) is 9.47 Å². The van der Waals surface area contributed by atoms with Gasteiger partial charge >= 0.3 is 0 Å². The van der Waals surface area contributed by atoms with Gasteiger partial charge in [-0.15, -0.1) is 0 Å². The zero-order valence-corrected chi connectivity index (χ0v) is 24.6. The number of hydrogen-bond acceptors (Lipinski definition) is 7. The predicted molar refractivity (Wildman–Crippen MR) is 162 cm³/mol. The Labute approximate surface area is 243 Å². The van der Waals surface area contributed by atoms with Crippen molar-refractivity contribution in [1.29, 1.82) is 0 Å². The van der Waals surface area contributed by atoms with Crippen LogP contribution in [-0.4, -0.2) is 73.2 Å². The number of nitrogens with one attached hydrogen (secondary N) is 3. The standard InChI is InChI=1S/C33H44FN5O2/c1-4-24-14-25(6-8-30(24)31-20-35-12-10-23(31)2)26-7-9-32(38-17-26)41-29-15-27(16-29)39-21-33(3,34)22-40-13-5-11-37-28-18-36-19-28/h6-10,12,14,17,20,27-29,36-37,39H,4-5,11,13,15-16,18-19,21-22H2,1-3H3. The first kappa shape index (κ1) is 29.6. The number of halogens is 1. The highest BCUT2D eigenvalue weighted by Gasteiger charge is 2.33. The first-order valence-electron chi connectivity index (χ1n) is 15.0. The molecule has 1 aliphatic carbocycles. The second-order valence-corrected chi connectivity index (χ2v) is 11.7. The summed E-state index contributed by atoms with van der Waals surface area (Å²) in [6.45, 7) is 9.86. The third kappa shape index (κ3) is 8.10. The lowest BCUT2D eigenvalue weighted by Gasteiger charge is -2.37. The van der Waals surface area contributed by atoms with Gasteiger partial charge in [0.1, 0.15) is 11.8 Å². The highest BCUT2D eigenvalue weighted by Crippen LogP contribution is 2.32. The summed E-state index contributed by atoms with van der Waals surface area (Å²) in [6, 6.07) is 13.5. The van der Waals surface area contributed by atoms with Crippen molar-refractivity contribution in [2.24, 2.45) is 0 Å². The average Bonchev–Trinajstić information content (AvgIpc) is 2.93. The molecule has 0 bridgehead atoms. The molecule has 220 valence electrons. The largest absolute Gasteiger partial charge is 0.474 e. The molecule has 1 saturated carbocycles. The van der Waals surface area contributed by atoms with Gasteiger partial charge in [0.05, 0.1) is 6.61 Å². The van der Waals surface area contributed by atoms with Crippen LogP contribution in [0.5, 0.6) is 5.88 Å². The van der Waals surface area contributed by atoms with E-state index in [1.807, 2.05) is 24.7 Å². The Bertz CT molecular complexity index is 1260. The molecule has 1 atom stereocenters. The van der Waals surface area contributed by atoms with Crippen molar-refractivity contribution in [3.8, 4) is 28.1 Å². The summed E-state index contributed by atoms with van der Waals surface area (Å²) >= 11 is 0. The van der Waals surface area contributed by atoms with Gasteiger partial charge in [0.2, 0.25) is 5.88 Å². The molecule has 1 aliphatic heterocycles. The van der Waals surface area contributed by atoms with Crippen molar-refractivity contribution in [2.75, 3.05) is 39.4 Å². The number of aryl methyl sites for hydroxylation is 2. The first-order valence-corrected chi connectivity index (χ1v) is 15.0. The van der Waals surface area contributed by atoms with Gasteiger partial charge in [0, 0.05) is 74.1 Å². The number of aromatic nitrogens is 2. The van der Waals surface area contributed by atoms with Crippen molar-refractivity contribution in [3.63, 3.8) is 0 Å². The van der Waals surface area contributed by atoms with Crippen LogP contribution >= 0.6 is 0 Å². The number of pyridine rings is 2. The summed E-state index contributed by atoms with van der Waals surface area (Å²) < 4.78 is 26.5. The van der Waals surface area contributed by atoms with Crippen LogP contribution in [0.1, 0.15) is 44.2 Å². The second kappa shape index (κ2) is 13.8. The van der Waals surface area contributed by atoms with Crippen molar-refractivity contribution in [3.05, 3.63) is 66.1 Å². The van der Waals surface area contributed by atoms with E-state index in [2.05, 4.69) is 70.1 Å². The molecule has 2 aromatic heterocycles. The summed E-state index contributed by atoms with van der Waals surface area (Å²) in [5.41, 5.74) is 5.73. The van der Waals surface area contributed by atoms with Crippen LogP contribution in [0.15, 0.2) is 55.0 Å². The fourth-order valence-corrected chi connectivity index (χ4v) is 5.30. The van der Waals surface area contributed by atoms with Gasteiger partial charge in [-0.1, -0.05) is 25.1 Å². The number of nitrogens with zero attached hydrogens (tertiary/aromatic N) is 2. The van der Waals surface area contributed by atoms with Gasteiger partial charge in [0.15, 0.2) is 0 Å². The van der Waals surface area contributed by atoms with E-state index in [1.165, 1.54) is 22.3 Å². The zero-order valence-electron chi connectivity index (χ0n) is 24.6. The van der Waals surface area contributed by atoms with E-state index in [-0.39, 0.29) is 25.3 Å². The normalized spacial score (nSPS) is 20.2. The smallest absolute Gasteiger partial charge is 0.213 e. The molecule has 5 rings (SSSR count). The lowest BCUT2D eigenvalue weighted by molar-refractivity contribution is 0.0151. The molecule has 0 spiro atoms. The summed E-state index contributed by atoms with van der Waals surface area (Å²) in [5.74, 6) is 0.627. The molecule has 1 saturated heterocycles. The van der Waals surface area contributed by atoms with Gasteiger partial charge in [-0.2, -0.15) is 0 Å². The summed E-state index contributed by atoms with van der Waals surface area (Å²) in [7, 11) is 0. The van der Waals surface area contributed by atoms with Crippen LogP contribution in [0.3, 0.4) is 0 Å². The molecule has 8 heteroatoms. The van der Waals surface area contributed by atoms with Gasteiger partial charge in [-0.25, -0.2) is 9.37 Å². The molecule has 3 aromatic rings. The van der Waals surface area contributed by atoms with E-state index in [0.717, 1.165) is 56.4 Å². The van der Waals surface area contributed by atoms with Gasteiger partial charge in [-0.05, 0) is 80.5 Å². The van der Waals surface area contributed by atoms with Gasteiger partial charge in [0.25, 0.3) is 0 Å². The van der Waals surface area contributed by atoms with E-state index >= 15 is 0 Å². The fraction of sp³-hybridized carbons (Fsp3) is 0.515. The Hall–Kier alpha value is -2.91. The lowest BCUT2D eigenvalue weighted by atomic mass is 9.88. The molecule has 0 radical (unpaired) electrons. The second-order valence-electron chi connectivity index (χ2n) is 11.7. The third-order valence-electron chi connectivity index (χ3n) is 8.11. The molecule has 2 aliphatic rings. The van der Waals surface area contributed by atoms with Crippen molar-refractivity contribution in [2.45, 2.75) is 70.3 Å². The van der Waals surface area contributed by atoms with Crippen LogP contribution < -0.4 is 20.7 Å². The van der Waals surface area contributed by atoms with Gasteiger partial charge in [-0.3, -0.25) is 4.98 Å². The fourth-order valence-electron chi connectivity index (χ4n) is 5.30. The number of rotatable bonds is 15. The maximum absolute atomic E-state index is 14.9. The van der Waals surface area contributed by atoms with Crippen LogP contribution in [0.2, 0.25) is 0 Å². The Morgan fingerprint density at radius 3 is 2.56 bits per heavy atom. The molecule has 2 fully saturated rings. The summed E-state index contributed by atoms with van der Waals surface area (Å²) in [5, 5.41) is 10.0. The monoisotopic (exact) mass is 561 g/mol. The summed E-state index contributed by atoms with van der Waals surface area (Å²) in [4.78, 5) is 8.90. The van der Waals surface area contributed by atoms with Crippen molar-refractivity contribution in [1.82, 2.24) is 25.9 Å². The van der Waals surface area contributed by atoms with E-state index in [0.29, 0.717) is 18.5 Å². The molecule has 3 N–H and O–H groups in total. The minimum Gasteiger partial charge on any atom is -0.474 e. The highest BCUT2D eigenvalue weighted by atomic mass is 19.1. The zero-order chi connectivity index (χ0) is 28.7. The SMILES string of the molecule is CCc1cc(-c2ccc(OC3CC(NCC(C)(F)COCCCNC4CNC4)C3)nc2)ccc1-c1cnccc1C. The lowest BCUT2D eigenvalue weighted by Crippen LogP contribution is -2.55. The molecule has 7 nitrogen and oxygen atoms in total. The first-order chi connectivity index (χ1) is 19.9.